The number of carbonyl (C=O) groups excluding carboxylic acids is 1. The SMILES string of the molecule is COc1ccc(C(NC(=O)CN2CCN(CC(F)(F)F)CC2)c2ccc(OC)cc2)cc1. The molecule has 0 radical (unpaired) electrons. The van der Waals surface area contributed by atoms with E-state index in [9.17, 15) is 18.0 Å². The van der Waals surface area contributed by atoms with Crippen molar-refractivity contribution >= 4 is 5.91 Å². The zero-order valence-electron chi connectivity index (χ0n) is 18.2. The summed E-state index contributed by atoms with van der Waals surface area (Å²) in [5.74, 6) is 1.24. The Labute approximate surface area is 185 Å². The Morgan fingerprint density at radius 3 is 1.72 bits per heavy atom. The number of hydrogen-bond donors (Lipinski definition) is 1. The molecule has 0 aliphatic carbocycles. The minimum absolute atomic E-state index is 0.128. The van der Waals surface area contributed by atoms with Gasteiger partial charge in [-0.05, 0) is 35.4 Å². The van der Waals surface area contributed by atoms with E-state index < -0.39 is 12.7 Å². The Morgan fingerprint density at radius 2 is 1.31 bits per heavy atom. The quantitative estimate of drug-likeness (QED) is 0.669. The largest absolute Gasteiger partial charge is 0.497 e. The van der Waals surface area contributed by atoms with Crippen molar-refractivity contribution in [3.63, 3.8) is 0 Å². The lowest BCUT2D eigenvalue weighted by Crippen LogP contribution is -2.51. The van der Waals surface area contributed by atoms with Crippen molar-refractivity contribution in [2.45, 2.75) is 12.2 Å². The van der Waals surface area contributed by atoms with E-state index in [4.69, 9.17) is 9.47 Å². The molecule has 1 fully saturated rings. The fourth-order valence-corrected chi connectivity index (χ4v) is 3.72. The van der Waals surface area contributed by atoms with Crippen LogP contribution in [-0.4, -0.2) is 75.4 Å². The first-order valence-electron chi connectivity index (χ1n) is 10.4. The van der Waals surface area contributed by atoms with Crippen molar-refractivity contribution in [3.8, 4) is 11.5 Å². The smallest absolute Gasteiger partial charge is 0.401 e. The molecule has 1 aliphatic rings. The topological polar surface area (TPSA) is 54.0 Å². The van der Waals surface area contributed by atoms with Crippen LogP contribution in [0.15, 0.2) is 48.5 Å². The molecular formula is C23H28F3N3O3. The van der Waals surface area contributed by atoms with E-state index in [1.54, 1.807) is 14.2 Å². The molecule has 9 heteroatoms. The van der Waals surface area contributed by atoms with E-state index in [0.717, 1.165) is 11.1 Å². The van der Waals surface area contributed by atoms with Crippen molar-refractivity contribution < 1.29 is 27.4 Å². The zero-order chi connectivity index (χ0) is 23.1. The maximum Gasteiger partial charge on any atom is 0.401 e. The highest BCUT2D eigenvalue weighted by molar-refractivity contribution is 5.79. The second-order valence-electron chi connectivity index (χ2n) is 7.71. The molecule has 1 amide bonds. The monoisotopic (exact) mass is 451 g/mol. The third-order valence-electron chi connectivity index (χ3n) is 5.44. The number of alkyl halides is 3. The van der Waals surface area contributed by atoms with Gasteiger partial charge >= 0.3 is 6.18 Å². The molecule has 0 bridgehead atoms. The Bertz CT molecular complexity index is 817. The van der Waals surface area contributed by atoms with Gasteiger partial charge in [0.15, 0.2) is 0 Å². The van der Waals surface area contributed by atoms with Crippen LogP contribution in [-0.2, 0) is 4.79 Å². The molecule has 0 unspecified atom stereocenters. The molecule has 2 aromatic rings. The average Bonchev–Trinajstić information content (AvgIpc) is 2.78. The molecule has 1 aliphatic heterocycles. The van der Waals surface area contributed by atoms with Crippen molar-refractivity contribution in [2.24, 2.45) is 0 Å². The fraction of sp³-hybridized carbons (Fsp3) is 0.435. The molecule has 0 spiro atoms. The van der Waals surface area contributed by atoms with Crippen molar-refractivity contribution in [1.82, 2.24) is 15.1 Å². The predicted molar refractivity (Wildman–Crippen MR) is 115 cm³/mol. The Hall–Kier alpha value is -2.78. The first-order valence-corrected chi connectivity index (χ1v) is 10.4. The number of amides is 1. The summed E-state index contributed by atoms with van der Waals surface area (Å²) in [7, 11) is 3.18. The molecule has 0 aromatic heterocycles. The highest BCUT2D eigenvalue weighted by Crippen LogP contribution is 2.26. The van der Waals surface area contributed by atoms with Crippen LogP contribution in [0.25, 0.3) is 0 Å². The number of rotatable bonds is 8. The number of nitrogens with zero attached hydrogens (tertiary/aromatic N) is 2. The van der Waals surface area contributed by atoms with Crippen LogP contribution >= 0.6 is 0 Å². The number of carbonyl (C=O) groups is 1. The summed E-state index contributed by atoms with van der Waals surface area (Å²) < 4.78 is 48.2. The van der Waals surface area contributed by atoms with E-state index in [0.29, 0.717) is 24.6 Å². The van der Waals surface area contributed by atoms with E-state index in [1.807, 2.05) is 53.4 Å². The van der Waals surface area contributed by atoms with Gasteiger partial charge in [0.05, 0.1) is 33.4 Å². The standard InChI is InChI=1S/C23H28F3N3O3/c1-31-19-7-3-17(4-8-19)22(18-5-9-20(32-2)10-6-18)27-21(30)15-28-11-13-29(14-12-28)16-23(24,25)26/h3-10,22H,11-16H2,1-2H3,(H,27,30). The van der Waals surface area contributed by atoms with Gasteiger partial charge in [-0.2, -0.15) is 13.2 Å². The summed E-state index contributed by atoms with van der Waals surface area (Å²) >= 11 is 0. The lowest BCUT2D eigenvalue weighted by Gasteiger charge is -2.34. The number of benzene rings is 2. The third kappa shape index (κ3) is 6.86. The maximum atomic E-state index is 12.8. The first-order chi connectivity index (χ1) is 15.3. The van der Waals surface area contributed by atoms with Crippen molar-refractivity contribution in [3.05, 3.63) is 59.7 Å². The summed E-state index contributed by atoms with van der Waals surface area (Å²) in [5, 5.41) is 3.07. The molecule has 3 rings (SSSR count). The van der Waals surface area contributed by atoms with E-state index >= 15 is 0 Å². The number of halogens is 3. The molecule has 174 valence electrons. The molecule has 32 heavy (non-hydrogen) atoms. The summed E-state index contributed by atoms with van der Waals surface area (Å²) in [6.45, 7) is 0.617. The predicted octanol–water partition coefficient (Wildman–Crippen LogP) is 3.09. The van der Waals surface area contributed by atoms with Crippen molar-refractivity contribution in [1.29, 1.82) is 0 Å². The number of piperazine rings is 1. The highest BCUT2D eigenvalue weighted by atomic mass is 19.4. The number of hydrogen-bond acceptors (Lipinski definition) is 5. The number of nitrogens with one attached hydrogen (secondary N) is 1. The van der Waals surface area contributed by atoms with Gasteiger partial charge in [0.2, 0.25) is 5.91 Å². The number of methoxy groups -OCH3 is 2. The minimum Gasteiger partial charge on any atom is -0.497 e. The Morgan fingerprint density at radius 1 is 0.875 bits per heavy atom. The highest BCUT2D eigenvalue weighted by Gasteiger charge is 2.32. The molecule has 0 saturated carbocycles. The van der Waals surface area contributed by atoms with Gasteiger partial charge in [0.1, 0.15) is 11.5 Å². The Balaban J connectivity index is 1.65. The molecule has 6 nitrogen and oxygen atoms in total. The van der Waals surface area contributed by atoms with Crippen molar-refractivity contribution in [2.75, 3.05) is 53.5 Å². The Kier molecular flexibility index (Phi) is 7.98. The fourth-order valence-electron chi connectivity index (χ4n) is 3.72. The molecule has 1 N–H and O–H groups in total. The van der Waals surface area contributed by atoms with Gasteiger partial charge in [-0.25, -0.2) is 0 Å². The van der Waals surface area contributed by atoms with Gasteiger partial charge in [-0.15, -0.1) is 0 Å². The first kappa shape index (κ1) is 23.9. The summed E-state index contributed by atoms with van der Waals surface area (Å²) in [4.78, 5) is 16.1. The second kappa shape index (κ2) is 10.7. The van der Waals surface area contributed by atoms with Crippen LogP contribution in [0.5, 0.6) is 11.5 Å². The summed E-state index contributed by atoms with van der Waals surface area (Å²) in [6, 6.07) is 14.5. The van der Waals surface area contributed by atoms with Crippen LogP contribution in [0, 0.1) is 0 Å². The van der Waals surface area contributed by atoms with Crippen LogP contribution < -0.4 is 14.8 Å². The van der Waals surface area contributed by atoms with Crippen LogP contribution in [0.4, 0.5) is 13.2 Å². The lowest BCUT2D eigenvalue weighted by atomic mass is 9.98. The molecule has 1 heterocycles. The summed E-state index contributed by atoms with van der Waals surface area (Å²) in [6.07, 6.45) is -4.20. The maximum absolute atomic E-state index is 12.8. The molecule has 1 saturated heterocycles. The number of ether oxygens (including phenoxy) is 2. The molecule has 0 atom stereocenters. The third-order valence-corrected chi connectivity index (χ3v) is 5.44. The van der Waals surface area contributed by atoms with E-state index in [2.05, 4.69) is 5.32 Å². The molecular weight excluding hydrogens is 423 g/mol. The average molecular weight is 451 g/mol. The van der Waals surface area contributed by atoms with Gasteiger partial charge in [-0.3, -0.25) is 14.6 Å². The summed E-state index contributed by atoms with van der Waals surface area (Å²) in [5.41, 5.74) is 1.78. The normalized spacial score (nSPS) is 15.6. The van der Waals surface area contributed by atoms with E-state index in [1.165, 1.54) is 4.90 Å². The van der Waals surface area contributed by atoms with Crippen LogP contribution in [0.1, 0.15) is 17.2 Å². The van der Waals surface area contributed by atoms with Crippen LogP contribution in [0.3, 0.4) is 0 Å². The zero-order valence-corrected chi connectivity index (χ0v) is 18.2. The lowest BCUT2D eigenvalue weighted by molar-refractivity contribution is -0.150. The van der Waals surface area contributed by atoms with Gasteiger partial charge in [-0.1, -0.05) is 24.3 Å². The van der Waals surface area contributed by atoms with Gasteiger partial charge in [0, 0.05) is 26.2 Å². The van der Waals surface area contributed by atoms with Gasteiger partial charge < -0.3 is 14.8 Å². The van der Waals surface area contributed by atoms with E-state index in [-0.39, 0.29) is 31.6 Å². The van der Waals surface area contributed by atoms with Crippen LogP contribution in [0.2, 0.25) is 0 Å². The minimum atomic E-state index is -4.20. The molecule has 2 aromatic carbocycles. The second-order valence-corrected chi connectivity index (χ2v) is 7.71. The van der Waals surface area contributed by atoms with Gasteiger partial charge in [0.25, 0.3) is 0 Å².